The van der Waals surface area contributed by atoms with Crippen molar-refractivity contribution in [2.24, 2.45) is 5.92 Å². The van der Waals surface area contributed by atoms with Crippen LogP contribution in [0.2, 0.25) is 0 Å². The second-order valence-corrected chi connectivity index (χ2v) is 5.80. The molecule has 1 saturated heterocycles. The summed E-state index contributed by atoms with van der Waals surface area (Å²) in [5.41, 5.74) is -0.0234. The second kappa shape index (κ2) is 6.73. The number of ether oxygens (including phenoxy) is 1. The fourth-order valence-corrected chi connectivity index (χ4v) is 2.64. The van der Waals surface area contributed by atoms with Gasteiger partial charge in [0.05, 0.1) is 6.61 Å². The topological polar surface area (TPSA) is 50.4 Å². The average molecular weight is 277 g/mol. The third-order valence-electron chi connectivity index (χ3n) is 4.02. The van der Waals surface area contributed by atoms with Crippen molar-refractivity contribution >= 4 is 18.3 Å². The Bertz CT molecular complexity index is 272. The Balaban J connectivity index is 0.00000162. The van der Waals surface area contributed by atoms with E-state index in [1.165, 1.54) is 12.8 Å². The maximum atomic E-state index is 12.1. The van der Waals surface area contributed by atoms with Gasteiger partial charge in [-0.3, -0.25) is 4.79 Å². The molecule has 2 aliphatic rings. The molecule has 0 bridgehead atoms. The zero-order chi connectivity index (χ0) is 12.3. The van der Waals surface area contributed by atoms with Crippen molar-refractivity contribution in [2.45, 2.75) is 51.2 Å². The Morgan fingerprint density at radius 1 is 1.39 bits per heavy atom. The first-order valence-electron chi connectivity index (χ1n) is 6.73. The highest BCUT2D eigenvalue weighted by Crippen LogP contribution is 2.31. The van der Waals surface area contributed by atoms with Crippen LogP contribution in [0, 0.1) is 5.92 Å². The van der Waals surface area contributed by atoms with Crippen LogP contribution in [0.25, 0.3) is 0 Å². The van der Waals surface area contributed by atoms with Crippen molar-refractivity contribution in [1.29, 1.82) is 0 Å². The van der Waals surface area contributed by atoms with Crippen LogP contribution in [0.5, 0.6) is 0 Å². The summed E-state index contributed by atoms with van der Waals surface area (Å²) in [6, 6.07) is 0. The molecule has 106 valence electrons. The van der Waals surface area contributed by atoms with Gasteiger partial charge in [-0.1, -0.05) is 6.92 Å². The number of nitrogens with one attached hydrogen (secondary N) is 2. The molecule has 0 aromatic rings. The first-order valence-corrected chi connectivity index (χ1v) is 6.73. The summed E-state index contributed by atoms with van der Waals surface area (Å²) >= 11 is 0. The molecule has 2 rings (SSSR count). The highest BCUT2D eigenvalue weighted by atomic mass is 35.5. The largest absolute Gasteiger partial charge is 0.366 e. The minimum absolute atomic E-state index is 0. The molecule has 1 saturated carbocycles. The highest BCUT2D eigenvalue weighted by Gasteiger charge is 2.33. The van der Waals surface area contributed by atoms with E-state index in [-0.39, 0.29) is 30.0 Å². The standard InChI is InChI=1S/C13H24N2O2.ClH/c1-10-3-5-13(2,6-4-10)15-12(16)11-9-14-7-8-17-11;/h10-11,14H,3-9H2,1-2H3,(H,15,16);1H. The molecule has 1 unspecified atom stereocenters. The van der Waals surface area contributed by atoms with E-state index in [1.54, 1.807) is 0 Å². The van der Waals surface area contributed by atoms with Crippen molar-refractivity contribution in [3.63, 3.8) is 0 Å². The summed E-state index contributed by atoms with van der Waals surface area (Å²) in [5.74, 6) is 0.849. The number of amides is 1. The molecule has 1 heterocycles. The van der Waals surface area contributed by atoms with Gasteiger partial charge in [-0.05, 0) is 38.5 Å². The molecule has 0 aromatic heterocycles. The van der Waals surface area contributed by atoms with Gasteiger partial charge in [0.25, 0.3) is 5.91 Å². The van der Waals surface area contributed by atoms with Crippen molar-refractivity contribution in [1.82, 2.24) is 10.6 Å². The lowest BCUT2D eigenvalue weighted by Crippen LogP contribution is -2.55. The zero-order valence-electron chi connectivity index (χ0n) is 11.3. The van der Waals surface area contributed by atoms with Crippen molar-refractivity contribution in [3.8, 4) is 0 Å². The van der Waals surface area contributed by atoms with Crippen LogP contribution in [0.1, 0.15) is 39.5 Å². The van der Waals surface area contributed by atoms with Crippen LogP contribution in [0.4, 0.5) is 0 Å². The molecule has 2 fully saturated rings. The first kappa shape index (κ1) is 15.7. The minimum atomic E-state index is -0.306. The predicted molar refractivity (Wildman–Crippen MR) is 74.0 cm³/mol. The molecule has 1 amide bonds. The third-order valence-corrected chi connectivity index (χ3v) is 4.02. The van der Waals surface area contributed by atoms with Crippen LogP contribution in [-0.2, 0) is 9.53 Å². The van der Waals surface area contributed by atoms with E-state index >= 15 is 0 Å². The first-order chi connectivity index (χ1) is 8.09. The number of morpholine rings is 1. The van der Waals surface area contributed by atoms with E-state index in [2.05, 4.69) is 24.5 Å². The van der Waals surface area contributed by atoms with Gasteiger partial charge in [-0.2, -0.15) is 0 Å². The van der Waals surface area contributed by atoms with Gasteiger partial charge >= 0.3 is 0 Å². The number of rotatable bonds is 2. The van der Waals surface area contributed by atoms with Crippen LogP contribution >= 0.6 is 12.4 Å². The summed E-state index contributed by atoms with van der Waals surface area (Å²) in [4.78, 5) is 12.1. The number of hydrogen-bond acceptors (Lipinski definition) is 3. The lowest BCUT2D eigenvalue weighted by Gasteiger charge is -2.38. The van der Waals surface area contributed by atoms with Crippen molar-refractivity contribution in [3.05, 3.63) is 0 Å². The monoisotopic (exact) mass is 276 g/mol. The molecule has 2 N–H and O–H groups in total. The Hall–Kier alpha value is -0.320. The lowest BCUT2D eigenvalue weighted by molar-refractivity contribution is -0.136. The molecular weight excluding hydrogens is 252 g/mol. The third kappa shape index (κ3) is 4.11. The van der Waals surface area contributed by atoms with Crippen molar-refractivity contribution in [2.75, 3.05) is 19.7 Å². The summed E-state index contributed by atoms with van der Waals surface area (Å²) < 4.78 is 5.47. The molecule has 0 spiro atoms. The smallest absolute Gasteiger partial charge is 0.250 e. The highest BCUT2D eigenvalue weighted by molar-refractivity contribution is 5.85. The molecular formula is C13H25ClN2O2. The number of carbonyl (C=O) groups is 1. The molecule has 5 heteroatoms. The number of carbonyl (C=O) groups excluding carboxylic acids is 1. The molecule has 0 aromatic carbocycles. The Morgan fingerprint density at radius 2 is 2.06 bits per heavy atom. The second-order valence-electron chi connectivity index (χ2n) is 5.80. The van der Waals surface area contributed by atoms with Gasteiger partial charge in [0.15, 0.2) is 0 Å². The molecule has 1 aliphatic carbocycles. The van der Waals surface area contributed by atoms with Gasteiger partial charge in [-0.15, -0.1) is 12.4 Å². The fraction of sp³-hybridized carbons (Fsp3) is 0.923. The van der Waals surface area contributed by atoms with Crippen LogP contribution < -0.4 is 10.6 Å². The summed E-state index contributed by atoms with van der Waals surface area (Å²) in [6.45, 7) is 6.56. The van der Waals surface area contributed by atoms with Crippen LogP contribution in [0.15, 0.2) is 0 Å². The van der Waals surface area contributed by atoms with E-state index in [9.17, 15) is 4.79 Å². The lowest BCUT2D eigenvalue weighted by atomic mass is 9.78. The van der Waals surface area contributed by atoms with E-state index in [1.807, 2.05) is 0 Å². The fourth-order valence-electron chi connectivity index (χ4n) is 2.64. The normalized spacial score (nSPS) is 36.6. The van der Waals surface area contributed by atoms with E-state index in [0.717, 1.165) is 25.3 Å². The van der Waals surface area contributed by atoms with Gasteiger partial charge in [0.1, 0.15) is 6.10 Å². The Morgan fingerprint density at radius 3 is 2.61 bits per heavy atom. The summed E-state index contributed by atoms with van der Waals surface area (Å²) in [5, 5.41) is 6.37. The van der Waals surface area contributed by atoms with Gasteiger partial charge in [0.2, 0.25) is 0 Å². The van der Waals surface area contributed by atoms with Gasteiger partial charge in [-0.25, -0.2) is 0 Å². The minimum Gasteiger partial charge on any atom is -0.366 e. The Kier molecular flexibility index (Phi) is 5.89. The Labute approximate surface area is 116 Å². The number of hydrogen-bond donors (Lipinski definition) is 2. The summed E-state index contributed by atoms with van der Waals surface area (Å²) in [7, 11) is 0. The van der Waals surface area contributed by atoms with Gasteiger partial charge in [0, 0.05) is 18.6 Å². The molecule has 1 atom stereocenters. The maximum absolute atomic E-state index is 12.1. The zero-order valence-corrected chi connectivity index (χ0v) is 12.1. The summed E-state index contributed by atoms with van der Waals surface area (Å²) in [6.07, 6.45) is 4.28. The van der Waals surface area contributed by atoms with Crippen molar-refractivity contribution < 1.29 is 9.53 Å². The average Bonchev–Trinajstić information content (AvgIpc) is 2.34. The van der Waals surface area contributed by atoms with Crippen LogP contribution in [0.3, 0.4) is 0 Å². The molecule has 4 nitrogen and oxygen atoms in total. The maximum Gasteiger partial charge on any atom is 0.250 e. The van der Waals surface area contributed by atoms with Crippen LogP contribution in [-0.4, -0.2) is 37.2 Å². The molecule has 18 heavy (non-hydrogen) atoms. The van der Waals surface area contributed by atoms with E-state index in [4.69, 9.17) is 4.74 Å². The predicted octanol–water partition coefficient (Wildman–Crippen LogP) is 1.48. The van der Waals surface area contributed by atoms with E-state index in [0.29, 0.717) is 13.2 Å². The van der Waals surface area contributed by atoms with E-state index < -0.39 is 0 Å². The molecule has 0 radical (unpaired) electrons. The quantitative estimate of drug-likeness (QED) is 0.803. The van der Waals surface area contributed by atoms with Gasteiger partial charge < -0.3 is 15.4 Å². The SMILES string of the molecule is CC1CCC(C)(NC(=O)C2CNCCO2)CC1.Cl. The number of halogens is 1. The molecule has 1 aliphatic heterocycles.